The number of aryl methyl sites for hydroxylation is 1. The van der Waals surface area contributed by atoms with Gasteiger partial charge in [0.05, 0.1) is 18.5 Å². The molecule has 2 N–H and O–H groups in total. The van der Waals surface area contributed by atoms with E-state index in [2.05, 4.69) is 10.6 Å². The van der Waals surface area contributed by atoms with Gasteiger partial charge < -0.3 is 15.5 Å². The number of rotatable bonds is 8. The second-order valence-electron chi connectivity index (χ2n) is 7.84. The van der Waals surface area contributed by atoms with Crippen LogP contribution in [0.15, 0.2) is 54.6 Å². The molecule has 1 aliphatic rings. The Morgan fingerprint density at radius 3 is 2.23 bits per heavy atom. The van der Waals surface area contributed by atoms with E-state index < -0.39 is 6.04 Å². The quantitative estimate of drug-likeness (QED) is 0.706. The highest BCUT2D eigenvalue weighted by Gasteiger charge is 2.26. The van der Waals surface area contributed by atoms with Crippen molar-refractivity contribution >= 4 is 17.7 Å². The van der Waals surface area contributed by atoms with E-state index in [4.69, 9.17) is 0 Å². The Bertz CT molecular complexity index is 880. The third kappa shape index (κ3) is 5.92. The van der Waals surface area contributed by atoms with E-state index in [1.54, 1.807) is 0 Å². The molecular weight excluding hydrogens is 378 g/mol. The van der Waals surface area contributed by atoms with Gasteiger partial charge in [-0.3, -0.25) is 14.4 Å². The van der Waals surface area contributed by atoms with E-state index in [1.165, 1.54) is 6.92 Å². The van der Waals surface area contributed by atoms with Crippen LogP contribution in [-0.2, 0) is 14.4 Å². The third-order valence-corrected chi connectivity index (χ3v) is 5.36. The Balaban J connectivity index is 1.73. The van der Waals surface area contributed by atoms with Crippen LogP contribution in [0.4, 0.5) is 0 Å². The molecule has 2 aromatic rings. The number of likely N-dealkylation sites (tertiary alicyclic amines) is 1. The van der Waals surface area contributed by atoms with Crippen LogP contribution in [0.1, 0.15) is 55.0 Å². The summed E-state index contributed by atoms with van der Waals surface area (Å²) in [5, 5.41) is 5.96. The largest absolute Gasteiger partial charge is 0.349 e. The average Bonchev–Trinajstić information content (AvgIpc) is 3.12. The zero-order valence-electron chi connectivity index (χ0n) is 17.6. The minimum absolute atomic E-state index is 0.125. The summed E-state index contributed by atoms with van der Waals surface area (Å²) < 4.78 is 0. The fourth-order valence-electron chi connectivity index (χ4n) is 3.77. The van der Waals surface area contributed by atoms with Crippen LogP contribution in [0.3, 0.4) is 0 Å². The van der Waals surface area contributed by atoms with Gasteiger partial charge in [-0.1, -0.05) is 60.2 Å². The van der Waals surface area contributed by atoms with Gasteiger partial charge in [0.2, 0.25) is 17.7 Å². The first-order chi connectivity index (χ1) is 14.4. The fraction of sp³-hybridized carbons (Fsp3) is 0.375. The minimum atomic E-state index is -0.409. The first-order valence-electron chi connectivity index (χ1n) is 10.4. The van der Waals surface area contributed by atoms with Gasteiger partial charge >= 0.3 is 0 Å². The number of carbonyl (C=O) groups is 3. The van der Waals surface area contributed by atoms with Crippen LogP contribution in [0, 0.1) is 6.92 Å². The monoisotopic (exact) mass is 407 g/mol. The topological polar surface area (TPSA) is 78.5 Å². The lowest BCUT2D eigenvalue weighted by Crippen LogP contribution is -2.40. The number of benzene rings is 2. The molecule has 3 amide bonds. The maximum atomic E-state index is 12.9. The molecule has 0 bridgehead atoms. The van der Waals surface area contributed by atoms with Crippen molar-refractivity contribution in [2.75, 3.05) is 13.1 Å². The average molecular weight is 408 g/mol. The van der Waals surface area contributed by atoms with Crippen molar-refractivity contribution in [1.82, 2.24) is 15.5 Å². The predicted molar refractivity (Wildman–Crippen MR) is 115 cm³/mol. The van der Waals surface area contributed by atoms with E-state index in [9.17, 15) is 14.4 Å². The molecule has 6 nitrogen and oxygen atoms in total. The molecule has 2 aromatic carbocycles. The second kappa shape index (κ2) is 10.1. The van der Waals surface area contributed by atoms with Crippen LogP contribution in [0.25, 0.3) is 0 Å². The van der Waals surface area contributed by atoms with Gasteiger partial charge in [0.1, 0.15) is 0 Å². The highest BCUT2D eigenvalue weighted by molar-refractivity contribution is 5.80. The molecule has 0 aliphatic carbocycles. The number of amides is 3. The molecule has 0 saturated carbocycles. The highest BCUT2D eigenvalue weighted by atomic mass is 16.2. The molecule has 6 heteroatoms. The lowest BCUT2D eigenvalue weighted by Gasteiger charge is -2.26. The highest BCUT2D eigenvalue weighted by Crippen LogP contribution is 2.21. The SMILES string of the molecule is CC(=O)NC(CC(=O)NC(CN1CCCC1=O)c1ccccc1)c1ccc(C)cc1. The van der Waals surface area contributed by atoms with Crippen molar-refractivity contribution in [2.24, 2.45) is 0 Å². The molecule has 1 heterocycles. The summed E-state index contributed by atoms with van der Waals surface area (Å²) in [5.41, 5.74) is 2.96. The normalized spacial score (nSPS) is 15.5. The summed E-state index contributed by atoms with van der Waals surface area (Å²) in [6.07, 6.45) is 1.54. The lowest BCUT2D eigenvalue weighted by atomic mass is 10.0. The molecule has 3 rings (SSSR count). The van der Waals surface area contributed by atoms with E-state index in [0.29, 0.717) is 13.0 Å². The Hall–Kier alpha value is -3.15. The van der Waals surface area contributed by atoms with Gasteiger partial charge in [-0.2, -0.15) is 0 Å². The van der Waals surface area contributed by atoms with Gasteiger partial charge in [0.25, 0.3) is 0 Å². The summed E-state index contributed by atoms with van der Waals surface area (Å²) in [4.78, 5) is 38.6. The van der Waals surface area contributed by atoms with E-state index >= 15 is 0 Å². The molecule has 1 saturated heterocycles. The van der Waals surface area contributed by atoms with Crippen molar-refractivity contribution in [1.29, 1.82) is 0 Å². The lowest BCUT2D eigenvalue weighted by molar-refractivity contribution is -0.129. The van der Waals surface area contributed by atoms with Crippen molar-refractivity contribution in [3.8, 4) is 0 Å². The van der Waals surface area contributed by atoms with Gasteiger partial charge in [-0.25, -0.2) is 0 Å². The molecule has 1 aliphatic heterocycles. The Morgan fingerprint density at radius 2 is 1.63 bits per heavy atom. The number of hydrogen-bond acceptors (Lipinski definition) is 3. The molecule has 0 aromatic heterocycles. The maximum Gasteiger partial charge on any atom is 0.222 e. The zero-order chi connectivity index (χ0) is 21.5. The predicted octanol–water partition coefficient (Wildman–Crippen LogP) is 3.04. The molecule has 30 heavy (non-hydrogen) atoms. The second-order valence-corrected chi connectivity index (χ2v) is 7.84. The molecule has 2 unspecified atom stereocenters. The molecule has 0 radical (unpaired) electrons. The molecule has 1 fully saturated rings. The minimum Gasteiger partial charge on any atom is -0.349 e. The van der Waals surface area contributed by atoms with Gasteiger partial charge in [-0.05, 0) is 24.5 Å². The Labute approximate surface area is 177 Å². The summed E-state index contributed by atoms with van der Waals surface area (Å²) in [6.45, 7) is 4.61. The molecule has 158 valence electrons. The van der Waals surface area contributed by atoms with Crippen molar-refractivity contribution < 1.29 is 14.4 Å². The standard InChI is InChI=1S/C24H29N3O3/c1-17-10-12-20(13-11-17)21(25-18(2)28)15-23(29)26-22(19-7-4-3-5-8-19)16-27-14-6-9-24(27)30/h3-5,7-8,10-13,21-22H,6,9,14-16H2,1-2H3,(H,25,28)(H,26,29). The molecule has 0 spiro atoms. The van der Waals surface area contributed by atoms with Crippen molar-refractivity contribution in [3.05, 3.63) is 71.3 Å². The number of hydrogen-bond donors (Lipinski definition) is 2. The first kappa shape index (κ1) is 21.6. The molecular formula is C24H29N3O3. The van der Waals surface area contributed by atoms with Gasteiger partial charge in [0, 0.05) is 26.4 Å². The zero-order valence-corrected chi connectivity index (χ0v) is 17.6. The van der Waals surface area contributed by atoms with Crippen LogP contribution in [-0.4, -0.2) is 35.7 Å². The van der Waals surface area contributed by atoms with Crippen molar-refractivity contribution in [3.63, 3.8) is 0 Å². The molecule has 2 atom stereocenters. The van der Waals surface area contributed by atoms with E-state index in [-0.39, 0.29) is 30.2 Å². The fourth-order valence-corrected chi connectivity index (χ4v) is 3.77. The van der Waals surface area contributed by atoms with Crippen LogP contribution >= 0.6 is 0 Å². The van der Waals surface area contributed by atoms with E-state index in [1.807, 2.05) is 66.4 Å². The summed E-state index contributed by atoms with van der Waals surface area (Å²) in [7, 11) is 0. The summed E-state index contributed by atoms with van der Waals surface area (Å²) >= 11 is 0. The Kier molecular flexibility index (Phi) is 7.22. The summed E-state index contributed by atoms with van der Waals surface area (Å²) in [5.74, 6) is -0.230. The summed E-state index contributed by atoms with van der Waals surface area (Å²) in [6, 6.07) is 16.8. The third-order valence-electron chi connectivity index (χ3n) is 5.36. The first-order valence-corrected chi connectivity index (χ1v) is 10.4. The van der Waals surface area contributed by atoms with Gasteiger partial charge in [0.15, 0.2) is 0 Å². The van der Waals surface area contributed by atoms with Gasteiger partial charge in [-0.15, -0.1) is 0 Å². The van der Waals surface area contributed by atoms with Crippen molar-refractivity contribution in [2.45, 2.75) is 45.2 Å². The number of nitrogens with one attached hydrogen (secondary N) is 2. The number of carbonyl (C=O) groups excluding carboxylic acids is 3. The van der Waals surface area contributed by atoms with E-state index in [0.717, 1.165) is 29.7 Å². The van der Waals surface area contributed by atoms with Crippen LogP contribution in [0.2, 0.25) is 0 Å². The maximum absolute atomic E-state index is 12.9. The van der Waals surface area contributed by atoms with Crippen LogP contribution in [0.5, 0.6) is 0 Å². The van der Waals surface area contributed by atoms with Crippen LogP contribution < -0.4 is 10.6 Å². The smallest absolute Gasteiger partial charge is 0.222 e. The number of nitrogens with zero attached hydrogens (tertiary/aromatic N) is 1. The Morgan fingerprint density at radius 1 is 0.967 bits per heavy atom.